The second-order valence-electron chi connectivity index (χ2n) is 7.83. The summed E-state index contributed by atoms with van der Waals surface area (Å²) in [5.41, 5.74) is -0.575. The zero-order valence-electron chi connectivity index (χ0n) is 15.6. The molecule has 1 aromatic carbocycles. The molecule has 0 amide bonds. The van der Waals surface area contributed by atoms with Gasteiger partial charge in [0.1, 0.15) is 0 Å². The maximum atomic E-state index is 6.30. The van der Waals surface area contributed by atoms with Gasteiger partial charge in [-0.15, -0.1) is 11.3 Å². The molecular weight excluding hydrogens is 315 g/mol. The highest BCUT2D eigenvalue weighted by atomic mass is 32.1. The Morgan fingerprint density at radius 1 is 0.917 bits per heavy atom. The molecule has 1 saturated heterocycles. The van der Waals surface area contributed by atoms with Crippen LogP contribution >= 0.6 is 11.3 Å². The number of fused-ring (bicyclic) bond motifs is 1. The quantitative estimate of drug-likeness (QED) is 0.521. The number of benzene rings is 1. The van der Waals surface area contributed by atoms with Crippen molar-refractivity contribution in [3.63, 3.8) is 0 Å². The molecule has 3 rings (SSSR count). The van der Waals surface area contributed by atoms with Gasteiger partial charge in [-0.1, -0.05) is 50.5 Å². The van der Waals surface area contributed by atoms with Crippen LogP contribution in [0.4, 0.5) is 0 Å². The van der Waals surface area contributed by atoms with Crippen LogP contribution < -0.4 is 4.78 Å². The topological polar surface area (TPSA) is 18.5 Å². The molecule has 2 aromatic rings. The lowest BCUT2D eigenvalue weighted by Crippen LogP contribution is -2.41. The maximum Gasteiger partial charge on any atom is 0.506 e. The number of aryl methyl sites for hydroxylation is 1. The number of thiophene rings is 1. The highest BCUT2D eigenvalue weighted by Gasteiger charge is 2.52. The molecule has 0 spiro atoms. The Hall–Kier alpha value is -0.835. The van der Waals surface area contributed by atoms with Crippen molar-refractivity contribution in [2.75, 3.05) is 0 Å². The third-order valence-electron chi connectivity index (χ3n) is 5.45. The number of hydrogen-bond donors (Lipinski definition) is 0. The van der Waals surface area contributed by atoms with Crippen LogP contribution in [0.25, 0.3) is 10.8 Å². The fourth-order valence-electron chi connectivity index (χ4n) is 3.21. The van der Waals surface area contributed by atoms with Gasteiger partial charge in [-0.25, -0.2) is 0 Å². The highest BCUT2D eigenvalue weighted by molar-refractivity contribution is 7.24. The number of hydrogen-bond acceptors (Lipinski definition) is 3. The van der Waals surface area contributed by atoms with Crippen LogP contribution in [0.3, 0.4) is 0 Å². The first kappa shape index (κ1) is 18.0. The largest absolute Gasteiger partial charge is 0.506 e. The van der Waals surface area contributed by atoms with Gasteiger partial charge in [0.05, 0.1) is 11.2 Å². The lowest BCUT2D eigenvalue weighted by molar-refractivity contribution is 0.00578. The average molecular weight is 344 g/mol. The molecule has 1 aliphatic rings. The highest BCUT2D eigenvalue weighted by Crippen LogP contribution is 2.38. The van der Waals surface area contributed by atoms with E-state index in [1.807, 2.05) is 11.3 Å². The van der Waals surface area contributed by atoms with Gasteiger partial charge in [0.2, 0.25) is 0 Å². The molecule has 1 aromatic heterocycles. The average Bonchev–Trinajstić information content (AvgIpc) is 2.99. The van der Waals surface area contributed by atoms with E-state index in [-0.39, 0.29) is 18.3 Å². The zero-order chi connectivity index (χ0) is 17.4. The lowest BCUT2D eigenvalue weighted by atomic mass is 9.85. The van der Waals surface area contributed by atoms with Crippen molar-refractivity contribution in [3.8, 4) is 0 Å². The molecule has 0 unspecified atom stereocenters. The van der Waals surface area contributed by atoms with Crippen LogP contribution in [0, 0.1) is 0 Å². The van der Waals surface area contributed by atoms with E-state index in [0.717, 1.165) is 6.42 Å². The molecule has 1 aliphatic heterocycles. The minimum atomic E-state index is -0.288. The van der Waals surface area contributed by atoms with Crippen LogP contribution in [0.2, 0.25) is 0 Å². The number of rotatable bonds is 6. The van der Waals surface area contributed by atoms with E-state index >= 15 is 0 Å². The van der Waals surface area contributed by atoms with E-state index in [4.69, 9.17) is 9.31 Å². The summed E-state index contributed by atoms with van der Waals surface area (Å²) in [6.45, 7) is 10.7. The first-order valence-corrected chi connectivity index (χ1v) is 10.0. The predicted octanol–water partition coefficient (Wildman–Crippen LogP) is 5.32. The van der Waals surface area contributed by atoms with Crippen LogP contribution in [0.5, 0.6) is 0 Å². The summed E-state index contributed by atoms with van der Waals surface area (Å²) in [6, 6.07) is 8.71. The Bertz CT molecular complexity index is 689. The van der Waals surface area contributed by atoms with Crippen LogP contribution in [-0.2, 0) is 15.7 Å². The van der Waals surface area contributed by atoms with E-state index in [0.29, 0.717) is 0 Å². The summed E-state index contributed by atoms with van der Waals surface area (Å²) >= 11 is 1.88. The molecule has 24 heavy (non-hydrogen) atoms. The monoisotopic (exact) mass is 344 g/mol. The standard InChI is InChI=1S/C20H29BO2S/c1-6-7-8-9-14-17-15-12-10-11-13-16(15)18(24-17)21-22-19(2,3)20(4,5)23-21/h10-13H,6-9,14H2,1-5H3. The van der Waals surface area contributed by atoms with E-state index in [2.05, 4.69) is 58.9 Å². The van der Waals surface area contributed by atoms with Crippen LogP contribution in [0.15, 0.2) is 24.3 Å². The van der Waals surface area contributed by atoms with Gasteiger partial charge in [-0.2, -0.15) is 0 Å². The Kier molecular flexibility index (Phi) is 5.10. The van der Waals surface area contributed by atoms with Crippen molar-refractivity contribution in [1.82, 2.24) is 0 Å². The molecule has 0 radical (unpaired) electrons. The fraction of sp³-hybridized carbons (Fsp3) is 0.600. The zero-order valence-corrected chi connectivity index (χ0v) is 16.5. The Morgan fingerprint density at radius 3 is 2.17 bits per heavy atom. The molecule has 2 nitrogen and oxygen atoms in total. The second-order valence-corrected chi connectivity index (χ2v) is 8.97. The molecule has 0 saturated carbocycles. The molecule has 0 atom stereocenters. The van der Waals surface area contributed by atoms with Gasteiger partial charge in [-0.05, 0) is 51.3 Å². The van der Waals surface area contributed by atoms with Crippen molar-refractivity contribution in [1.29, 1.82) is 0 Å². The summed E-state index contributed by atoms with van der Waals surface area (Å²) < 4.78 is 13.8. The Morgan fingerprint density at radius 2 is 1.54 bits per heavy atom. The third-order valence-corrected chi connectivity index (χ3v) is 6.75. The van der Waals surface area contributed by atoms with E-state index < -0.39 is 0 Å². The number of unbranched alkanes of at least 4 members (excludes halogenated alkanes) is 3. The molecule has 2 heterocycles. The Balaban J connectivity index is 1.89. The van der Waals surface area contributed by atoms with Gasteiger partial charge < -0.3 is 9.31 Å². The minimum Gasteiger partial charge on any atom is -0.399 e. The van der Waals surface area contributed by atoms with Crippen molar-refractivity contribution in [2.24, 2.45) is 0 Å². The van der Waals surface area contributed by atoms with Gasteiger partial charge in [0.15, 0.2) is 0 Å². The van der Waals surface area contributed by atoms with Gasteiger partial charge >= 0.3 is 7.12 Å². The Labute approximate surface area is 150 Å². The van der Waals surface area contributed by atoms with Crippen molar-refractivity contribution in [2.45, 2.75) is 77.9 Å². The van der Waals surface area contributed by atoms with E-state index in [1.54, 1.807) is 0 Å². The predicted molar refractivity (Wildman–Crippen MR) is 105 cm³/mol. The SMILES string of the molecule is CCCCCCc1sc(B2OC(C)(C)C(C)(C)O2)c2ccccc12. The lowest BCUT2D eigenvalue weighted by Gasteiger charge is -2.32. The summed E-state index contributed by atoms with van der Waals surface area (Å²) in [6.07, 6.45) is 6.35. The molecule has 1 fully saturated rings. The minimum absolute atomic E-state index is 0.255. The summed E-state index contributed by atoms with van der Waals surface area (Å²) in [7, 11) is -0.255. The van der Waals surface area contributed by atoms with Gasteiger partial charge in [0.25, 0.3) is 0 Å². The van der Waals surface area contributed by atoms with Crippen LogP contribution in [-0.4, -0.2) is 18.3 Å². The molecular formula is C20H29BO2S. The normalized spacial score (nSPS) is 19.3. The summed E-state index contributed by atoms with van der Waals surface area (Å²) in [5.74, 6) is 0. The summed E-state index contributed by atoms with van der Waals surface area (Å²) in [4.78, 5) is 1.48. The van der Waals surface area contributed by atoms with Crippen LogP contribution in [0.1, 0.15) is 65.2 Å². The summed E-state index contributed by atoms with van der Waals surface area (Å²) in [5, 5.41) is 2.68. The van der Waals surface area contributed by atoms with Crippen molar-refractivity contribution >= 4 is 34.0 Å². The van der Waals surface area contributed by atoms with Gasteiger partial charge in [0, 0.05) is 9.65 Å². The first-order valence-electron chi connectivity index (χ1n) is 9.21. The third kappa shape index (κ3) is 3.29. The second kappa shape index (κ2) is 6.82. The molecule has 4 heteroatoms. The van der Waals surface area contributed by atoms with Crippen molar-refractivity contribution < 1.29 is 9.31 Å². The maximum absolute atomic E-state index is 6.30. The first-order chi connectivity index (χ1) is 11.4. The fourth-order valence-corrected chi connectivity index (χ4v) is 4.49. The molecule has 0 bridgehead atoms. The van der Waals surface area contributed by atoms with Gasteiger partial charge in [-0.3, -0.25) is 0 Å². The van der Waals surface area contributed by atoms with E-state index in [1.165, 1.54) is 46.1 Å². The van der Waals surface area contributed by atoms with Crippen molar-refractivity contribution in [3.05, 3.63) is 29.1 Å². The molecule has 0 aliphatic carbocycles. The smallest absolute Gasteiger partial charge is 0.399 e. The van der Waals surface area contributed by atoms with E-state index in [9.17, 15) is 0 Å². The molecule has 0 N–H and O–H groups in total. The molecule has 130 valence electrons.